The zero-order valence-corrected chi connectivity index (χ0v) is 14.5. The normalized spacial score (nSPS) is 17.4. The summed E-state index contributed by atoms with van der Waals surface area (Å²) in [4.78, 5) is 15.0. The Bertz CT molecular complexity index is 876. The largest absolute Gasteiger partial charge is 0.481 e. The predicted octanol–water partition coefficient (Wildman–Crippen LogP) is 4.31. The number of fused-ring (bicyclic) bond motifs is 1. The second-order valence-corrected chi connectivity index (χ2v) is 7.06. The standard InChI is InChI=1S/C20H19F3N2O2/c21-20(22,23)15-6-7-18-13(9-15)3-2-8-25(18)17-5-1-4-16(10-17)24-11-14(12-24)19(26)27/h1,4-7,9-10,14H,2-3,8,11-12H2,(H,26,27). The van der Waals surface area contributed by atoms with Crippen molar-refractivity contribution in [1.82, 2.24) is 0 Å². The van der Waals surface area contributed by atoms with Crippen molar-refractivity contribution in [2.75, 3.05) is 29.4 Å². The fourth-order valence-electron chi connectivity index (χ4n) is 3.74. The van der Waals surface area contributed by atoms with E-state index in [2.05, 4.69) is 0 Å². The number of aryl methyl sites for hydroxylation is 1. The fraction of sp³-hybridized carbons (Fsp3) is 0.350. The molecule has 142 valence electrons. The predicted molar refractivity (Wildman–Crippen MR) is 96.6 cm³/mol. The highest BCUT2D eigenvalue weighted by atomic mass is 19.4. The maximum atomic E-state index is 13.0. The molecule has 0 aromatic heterocycles. The number of halogens is 3. The molecular weight excluding hydrogens is 357 g/mol. The summed E-state index contributed by atoms with van der Waals surface area (Å²) in [5, 5.41) is 9.03. The van der Waals surface area contributed by atoms with Crippen LogP contribution in [0.4, 0.5) is 30.2 Å². The molecule has 2 aliphatic rings. The summed E-state index contributed by atoms with van der Waals surface area (Å²) in [7, 11) is 0. The Morgan fingerprint density at radius 2 is 1.81 bits per heavy atom. The van der Waals surface area contributed by atoms with Crippen molar-refractivity contribution in [3.63, 3.8) is 0 Å². The van der Waals surface area contributed by atoms with Gasteiger partial charge in [-0.25, -0.2) is 0 Å². The third-order valence-electron chi connectivity index (χ3n) is 5.26. The molecule has 1 saturated heterocycles. The summed E-state index contributed by atoms with van der Waals surface area (Å²) in [6, 6.07) is 11.7. The van der Waals surface area contributed by atoms with E-state index in [0.29, 0.717) is 25.1 Å². The quantitative estimate of drug-likeness (QED) is 0.867. The average Bonchev–Trinajstić information content (AvgIpc) is 2.58. The van der Waals surface area contributed by atoms with Crippen molar-refractivity contribution < 1.29 is 23.1 Å². The van der Waals surface area contributed by atoms with Crippen LogP contribution >= 0.6 is 0 Å². The first-order chi connectivity index (χ1) is 12.8. The lowest BCUT2D eigenvalue weighted by Crippen LogP contribution is -2.50. The molecule has 0 unspecified atom stereocenters. The molecule has 0 radical (unpaired) electrons. The number of benzene rings is 2. The van der Waals surface area contributed by atoms with Gasteiger partial charge in [0.25, 0.3) is 0 Å². The molecule has 2 heterocycles. The van der Waals surface area contributed by atoms with Crippen molar-refractivity contribution in [3.8, 4) is 0 Å². The fourth-order valence-corrected chi connectivity index (χ4v) is 3.74. The minimum atomic E-state index is -4.34. The Morgan fingerprint density at radius 3 is 2.52 bits per heavy atom. The lowest BCUT2D eigenvalue weighted by molar-refractivity contribution is -0.142. The first-order valence-electron chi connectivity index (χ1n) is 8.88. The van der Waals surface area contributed by atoms with E-state index in [4.69, 9.17) is 5.11 Å². The number of nitrogens with zero attached hydrogens (tertiary/aromatic N) is 2. The molecule has 1 N–H and O–H groups in total. The van der Waals surface area contributed by atoms with Gasteiger partial charge in [0.05, 0.1) is 11.5 Å². The maximum Gasteiger partial charge on any atom is 0.416 e. The minimum absolute atomic E-state index is 0.342. The van der Waals surface area contributed by atoms with E-state index < -0.39 is 17.7 Å². The number of carbonyl (C=O) groups is 1. The van der Waals surface area contributed by atoms with Crippen molar-refractivity contribution in [1.29, 1.82) is 0 Å². The third kappa shape index (κ3) is 3.34. The highest BCUT2D eigenvalue weighted by Crippen LogP contribution is 2.39. The van der Waals surface area contributed by atoms with Gasteiger partial charge >= 0.3 is 12.1 Å². The van der Waals surface area contributed by atoms with Crippen LogP contribution in [0, 0.1) is 5.92 Å². The molecule has 2 aromatic carbocycles. The van der Waals surface area contributed by atoms with Crippen LogP contribution in [-0.4, -0.2) is 30.7 Å². The highest BCUT2D eigenvalue weighted by Gasteiger charge is 2.34. The summed E-state index contributed by atoms with van der Waals surface area (Å²) in [5.41, 5.74) is 2.74. The zero-order valence-electron chi connectivity index (χ0n) is 14.5. The summed E-state index contributed by atoms with van der Waals surface area (Å²) in [5.74, 6) is -1.13. The Kier molecular flexibility index (Phi) is 4.25. The van der Waals surface area contributed by atoms with Gasteiger partial charge in [-0.05, 0) is 54.8 Å². The maximum absolute atomic E-state index is 13.0. The molecule has 4 nitrogen and oxygen atoms in total. The topological polar surface area (TPSA) is 43.8 Å². The van der Waals surface area contributed by atoms with Crippen molar-refractivity contribution >= 4 is 23.0 Å². The number of alkyl halides is 3. The number of anilines is 3. The molecule has 4 rings (SSSR count). The van der Waals surface area contributed by atoms with Crippen LogP contribution < -0.4 is 9.80 Å². The first kappa shape index (κ1) is 17.7. The number of aliphatic carboxylic acids is 1. The van der Waals surface area contributed by atoms with Gasteiger partial charge in [0.1, 0.15) is 0 Å². The molecule has 0 saturated carbocycles. The van der Waals surface area contributed by atoms with Crippen LogP contribution in [0.25, 0.3) is 0 Å². The number of hydrogen-bond donors (Lipinski definition) is 1. The van der Waals surface area contributed by atoms with E-state index in [-0.39, 0.29) is 5.92 Å². The molecule has 2 aliphatic heterocycles. The van der Waals surface area contributed by atoms with Crippen LogP contribution in [0.1, 0.15) is 17.5 Å². The molecule has 2 aromatic rings. The second-order valence-electron chi connectivity index (χ2n) is 7.06. The van der Waals surface area contributed by atoms with Gasteiger partial charge in [-0.1, -0.05) is 6.07 Å². The number of carboxylic acid groups (broad SMARTS) is 1. The van der Waals surface area contributed by atoms with E-state index in [0.717, 1.165) is 36.1 Å². The average molecular weight is 376 g/mol. The Balaban J connectivity index is 1.60. The van der Waals surface area contributed by atoms with Crippen LogP contribution in [-0.2, 0) is 17.4 Å². The lowest BCUT2D eigenvalue weighted by atomic mass is 9.97. The summed E-state index contributed by atoms with van der Waals surface area (Å²) >= 11 is 0. The third-order valence-corrected chi connectivity index (χ3v) is 5.26. The molecular formula is C20H19F3N2O2. The monoisotopic (exact) mass is 376 g/mol. The van der Waals surface area contributed by atoms with E-state index >= 15 is 0 Å². The van der Waals surface area contributed by atoms with Crippen LogP contribution in [0.5, 0.6) is 0 Å². The smallest absolute Gasteiger partial charge is 0.416 e. The minimum Gasteiger partial charge on any atom is -0.481 e. The van der Waals surface area contributed by atoms with E-state index in [9.17, 15) is 18.0 Å². The summed E-state index contributed by atoms with van der Waals surface area (Å²) < 4.78 is 39.0. The Morgan fingerprint density at radius 1 is 1.07 bits per heavy atom. The molecule has 0 atom stereocenters. The van der Waals surface area contributed by atoms with Gasteiger partial charge in [0.15, 0.2) is 0 Å². The highest BCUT2D eigenvalue weighted by molar-refractivity contribution is 5.76. The second kappa shape index (κ2) is 6.48. The number of carboxylic acids is 1. The molecule has 0 bridgehead atoms. The van der Waals surface area contributed by atoms with Gasteiger partial charge in [-0.2, -0.15) is 13.2 Å². The van der Waals surface area contributed by atoms with Gasteiger partial charge in [-0.3, -0.25) is 4.79 Å². The SMILES string of the molecule is O=C(O)C1CN(c2cccc(N3CCCc4cc(C(F)(F)F)ccc43)c2)C1. The van der Waals surface area contributed by atoms with E-state index in [1.807, 2.05) is 34.1 Å². The zero-order chi connectivity index (χ0) is 19.2. The van der Waals surface area contributed by atoms with Crippen molar-refractivity contribution in [2.24, 2.45) is 5.92 Å². The lowest BCUT2D eigenvalue weighted by Gasteiger charge is -2.39. The van der Waals surface area contributed by atoms with Crippen LogP contribution in [0.2, 0.25) is 0 Å². The first-order valence-corrected chi connectivity index (χ1v) is 8.88. The molecule has 0 spiro atoms. The van der Waals surface area contributed by atoms with Gasteiger partial charge in [-0.15, -0.1) is 0 Å². The van der Waals surface area contributed by atoms with Crippen LogP contribution in [0.3, 0.4) is 0 Å². The molecule has 1 fully saturated rings. The molecule has 0 amide bonds. The number of hydrogen-bond acceptors (Lipinski definition) is 3. The van der Waals surface area contributed by atoms with Crippen molar-refractivity contribution in [3.05, 3.63) is 53.6 Å². The van der Waals surface area contributed by atoms with Gasteiger partial charge in [0, 0.05) is 36.7 Å². The summed E-state index contributed by atoms with van der Waals surface area (Å²) in [6.07, 6.45) is -2.93. The number of rotatable bonds is 3. The van der Waals surface area contributed by atoms with Gasteiger partial charge < -0.3 is 14.9 Å². The van der Waals surface area contributed by atoms with Crippen LogP contribution in [0.15, 0.2) is 42.5 Å². The molecule has 0 aliphatic carbocycles. The molecule has 7 heteroatoms. The Hall–Kier alpha value is -2.70. The molecule has 27 heavy (non-hydrogen) atoms. The van der Waals surface area contributed by atoms with E-state index in [1.165, 1.54) is 6.07 Å². The van der Waals surface area contributed by atoms with Gasteiger partial charge in [0.2, 0.25) is 0 Å². The summed E-state index contributed by atoms with van der Waals surface area (Å²) in [6.45, 7) is 1.69. The Labute approximate surface area is 154 Å². The van der Waals surface area contributed by atoms with E-state index in [1.54, 1.807) is 6.07 Å². The van der Waals surface area contributed by atoms with Crippen molar-refractivity contribution in [2.45, 2.75) is 19.0 Å².